The molecule has 0 aliphatic carbocycles. The van der Waals surface area contributed by atoms with Crippen molar-refractivity contribution >= 4 is 33.4 Å². The van der Waals surface area contributed by atoms with Crippen LogP contribution in [0.4, 0.5) is 0 Å². The molecule has 0 spiro atoms. The molecule has 134 valence electrons. The van der Waals surface area contributed by atoms with Crippen LogP contribution >= 0.6 is 0 Å². The number of hydrogen-bond donors (Lipinski definition) is 2. The number of ether oxygens (including phenoxy) is 1. The molecule has 7 nitrogen and oxygen atoms in total. The molecule has 3 aromatic rings. The third-order valence-electron chi connectivity index (χ3n) is 4.83. The Labute approximate surface area is 150 Å². The Balaban J connectivity index is 1.57. The van der Waals surface area contributed by atoms with Crippen molar-refractivity contribution in [3.8, 4) is 0 Å². The lowest BCUT2D eigenvalue weighted by Crippen LogP contribution is -2.37. The van der Waals surface area contributed by atoms with Crippen LogP contribution in [0, 0.1) is 0 Å². The van der Waals surface area contributed by atoms with Gasteiger partial charge in [-0.25, -0.2) is 0 Å². The Morgan fingerprint density at radius 2 is 1.96 bits per heavy atom. The Kier molecular flexibility index (Phi) is 4.40. The average molecular weight is 352 g/mol. The molecule has 0 saturated carbocycles. The number of morpholine rings is 1. The van der Waals surface area contributed by atoms with Crippen molar-refractivity contribution in [1.29, 1.82) is 0 Å². The highest BCUT2D eigenvalue weighted by atomic mass is 16.5. The highest BCUT2D eigenvalue weighted by Gasteiger charge is 2.15. The van der Waals surface area contributed by atoms with Crippen molar-refractivity contribution in [1.82, 2.24) is 15.1 Å². The lowest BCUT2D eigenvalue weighted by atomic mass is 10.0. The first-order valence-corrected chi connectivity index (χ1v) is 8.67. The van der Waals surface area contributed by atoms with E-state index >= 15 is 0 Å². The van der Waals surface area contributed by atoms with Crippen molar-refractivity contribution in [3.63, 3.8) is 0 Å². The molecular formula is C19H20N4O3. The quantitative estimate of drug-likeness (QED) is 0.681. The van der Waals surface area contributed by atoms with Crippen LogP contribution in [0.15, 0.2) is 30.3 Å². The first kappa shape index (κ1) is 16.7. The third kappa shape index (κ3) is 3.18. The molecule has 1 aliphatic rings. The molecule has 0 bridgehead atoms. The molecule has 1 aromatic heterocycles. The summed E-state index contributed by atoms with van der Waals surface area (Å²) in [5, 5.41) is 9.35. The Hall–Kier alpha value is -2.77. The van der Waals surface area contributed by atoms with E-state index in [1.807, 2.05) is 30.3 Å². The number of carbonyl (C=O) groups is 2. The van der Waals surface area contributed by atoms with Gasteiger partial charge in [-0.1, -0.05) is 12.1 Å². The molecule has 1 fully saturated rings. The highest BCUT2D eigenvalue weighted by molar-refractivity contribution is 6.09. The van der Waals surface area contributed by atoms with Crippen molar-refractivity contribution in [2.75, 3.05) is 32.8 Å². The van der Waals surface area contributed by atoms with Crippen molar-refractivity contribution in [2.24, 2.45) is 5.73 Å². The number of ketones is 1. The van der Waals surface area contributed by atoms with Gasteiger partial charge in [0.2, 0.25) is 0 Å². The van der Waals surface area contributed by atoms with E-state index in [0.29, 0.717) is 17.4 Å². The summed E-state index contributed by atoms with van der Waals surface area (Å²) in [6.07, 6.45) is 0.490. The van der Waals surface area contributed by atoms with E-state index in [1.54, 1.807) is 0 Å². The highest BCUT2D eigenvalue weighted by Crippen LogP contribution is 2.25. The van der Waals surface area contributed by atoms with Crippen LogP contribution in [0.2, 0.25) is 0 Å². The minimum Gasteiger partial charge on any atom is -0.379 e. The number of aromatic nitrogens is 2. The van der Waals surface area contributed by atoms with E-state index < -0.39 is 5.91 Å². The number of benzene rings is 2. The maximum absolute atomic E-state index is 12.5. The van der Waals surface area contributed by atoms with Gasteiger partial charge in [0.05, 0.1) is 18.7 Å². The molecule has 1 aliphatic heterocycles. The summed E-state index contributed by atoms with van der Waals surface area (Å²) >= 11 is 0. The van der Waals surface area contributed by atoms with Crippen LogP contribution in [0.1, 0.15) is 27.3 Å². The molecule has 4 rings (SSSR count). The summed E-state index contributed by atoms with van der Waals surface area (Å²) in [7, 11) is 0. The number of rotatable bonds is 5. The van der Waals surface area contributed by atoms with Crippen LogP contribution < -0.4 is 5.73 Å². The Morgan fingerprint density at radius 1 is 1.15 bits per heavy atom. The van der Waals surface area contributed by atoms with Crippen molar-refractivity contribution < 1.29 is 14.3 Å². The molecular weight excluding hydrogens is 332 g/mol. The minimum atomic E-state index is -0.564. The van der Waals surface area contributed by atoms with Crippen molar-refractivity contribution in [3.05, 3.63) is 41.6 Å². The third-order valence-corrected chi connectivity index (χ3v) is 4.83. The molecule has 0 atom stereocenters. The first-order valence-electron chi connectivity index (χ1n) is 8.67. The minimum absolute atomic E-state index is 0.126. The van der Waals surface area contributed by atoms with E-state index in [0.717, 1.165) is 49.1 Å². The maximum Gasteiger partial charge on any atom is 0.269 e. The van der Waals surface area contributed by atoms with E-state index in [9.17, 15) is 9.59 Å². The number of fused-ring (bicyclic) bond motifs is 2. The zero-order valence-electron chi connectivity index (χ0n) is 14.3. The standard InChI is InChI=1S/C19H20N4O3/c20-19(25)18-15-10-12-1-2-13(9-14(12)11-16(15)21-22-18)17(24)3-4-23-5-7-26-8-6-23/h1-2,9-11H,3-8H2,(H2,20,25)(H,21,22). The summed E-state index contributed by atoms with van der Waals surface area (Å²) in [5.41, 5.74) is 7.00. The van der Waals surface area contributed by atoms with Crippen LogP contribution in [-0.2, 0) is 4.74 Å². The predicted octanol–water partition coefficient (Wildman–Crippen LogP) is 1.72. The van der Waals surface area contributed by atoms with E-state index in [-0.39, 0.29) is 11.5 Å². The Bertz CT molecular complexity index is 989. The fourth-order valence-electron chi connectivity index (χ4n) is 3.35. The molecule has 1 amide bonds. The number of nitrogens with one attached hydrogen (secondary N) is 1. The normalized spacial score (nSPS) is 15.5. The number of amides is 1. The number of H-pyrrole nitrogens is 1. The zero-order valence-corrected chi connectivity index (χ0v) is 14.3. The number of nitrogens with zero attached hydrogens (tertiary/aromatic N) is 2. The summed E-state index contributed by atoms with van der Waals surface area (Å²) < 4.78 is 5.33. The van der Waals surface area contributed by atoms with Gasteiger partial charge in [-0.05, 0) is 29.0 Å². The summed E-state index contributed by atoms with van der Waals surface area (Å²) in [6.45, 7) is 3.98. The average Bonchev–Trinajstić information content (AvgIpc) is 3.07. The van der Waals surface area contributed by atoms with Crippen molar-refractivity contribution in [2.45, 2.75) is 6.42 Å². The van der Waals surface area contributed by atoms with E-state index in [4.69, 9.17) is 10.5 Å². The molecule has 26 heavy (non-hydrogen) atoms. The second-order valence-corrected chi connectivity index (χ2v) is 6.52. The molecule has 0 radical (unpaired) electrons. The SMILES string of the molecule is NC(=O)c1n[nH]c2cc3cc(C(=O)CCN4CCOCC4)ccc3cc12. The lowest BCUT2D eigenvalue weighted by molar-refractivity contribution is 0.0370. The monoisotopic (exact) mass is 352 g/mol. The summed E-state index contributed by atoms with van der Waals surface area (Å²) in [5.74, 6) is -0.438. The van der Waals surface area contributed by atoms with Gasteiger partial charge in [-0.15, -0.1) is 0 Å². The molecule has 2 heterocycles. The summed E-state index contributed by atoms with van der Waals surface area (Å²) in [6, 6.07) is 9.38. The van der Waals surface area contributed by atoms with E-state index in [1.165, 1.54) is 0 Å². The van der Waals surface area contributed by atoms with E-state index in [2.05, 4.69) is 15.1 Å². The Morgan fingerprint density at radius 3 is 2.73 bits per heavy atom. The molecule has 2 aromatic carbocycles. The number of carbonyl (C=O) groups excluding carboxylic acids is 2. The second-order valence-electron chi connectivity index (χ2n) is 6.52. The van der Waals surface area contributed by atoms with Gasteiger partial charge in [0.15, 0.2) is 11.5 Å². The van der Waals surface area contributed by atoms with Gasteiger partial charge in [0.25, 0.3) is 5.91 Å². The number of primary amides is 1. The van der Waals surface area contributed by atoms with Gasteiger partial charge in [0, 0.05) is 37.0 Å². The fourth-order valence-corrected chi connectivity index (χ4v) is 3.35. The number of Topliss-reactive ketones (excluding diaryl/α,β-unsaturated/α-hetero) is 1. The molecule has 0 unspecified atom stereocenters. The zero-order chi connectivity index (χ0) is 18.1. The van der Waals surface area contributed by atoms with Gasteiger partial charge in [0.1, 0.15) is 0 Å². The predicted molar refractivity (Wildman–Crippen MR) is 98.3 cm³/mol. The molecule has 1 saturated heterocycles. The first-order chi connectivity index (χ1) is 12.6. The van der Waals surface area contributed by atoms with Gasteiger partial charge >= 0.3 is 0 Å². The lowest BCUT2D eigenvalue weighted by Gasteiger charge is -2.26. The van der Waals surface area contributed by atoms with Crippen LogP contribution in [-0.4, -0.2) is 59.6 Å². The topological polar surface area (TPSA) is 101 Å². The smallest absolute Gasteiger partial charge is 0.269 e. The number of nitrogens with two attached hydrogens (primary N) is 1. The molecule has 3 N–H and O–H groups in total. The number of aromatic amines is 1. The van der Waals surface area contributed by atoms with Gasteiger partial charge < -0.3 is 10.5 Å². The van der Waals surface area contributed by atoms with Gasteiger partial charge in [-0.2, -0.15) is 5.10 Å². The fraction of sp³-hybridized carbons (Fsp3) is 0.316. The maximum atomic E-state index is 12.5. The van der Waals surface area contributed by atoms with Crippen LogP contribution in [0.3, 0.4) is 0 Å². The number of hydrogen-bond acceptors (Lipinski definition) is 5. The largest absolute Gasteiger partial charge is 0.379 e. The summed E-state index contributed by atoms with van der Waals surface area (Å²) in [4.78, 5) is 26.2. The van der Waals surface area contributed by atoms with Crippen LogP contribution in [0.25, 0.3) is 21.7 Å². The van der Waals surface area contributed by atoms with Gasteiger partial charge in [-0.3, -0.25) is 19.6 Å². The molecule has 7 heteroatoms. The van der Waals surface area contributed by atoms with Crippen LogP contribution in [0.5, 0.6) is 0 Å². The second kappa shape index (κ2) is 6.86.